The van der Waals surface area contributed by atoms with Gasteiger partial charge in [-0.3, -0.25) is 10.8 Å². The van der Waals surface area contributed by atoms with Gasteiger partial charge in [-0.15, -0.1) is 12.4 Å². The monoisotopic (exact) mass is 239 g/mol. The average molecular weight is 240 g/mol. The van der Waals surface area contributed by atoms with Crippen LogP contribution in [0.1, 0.15) is 19.3 Å². The van der Waals surface area contributed by atoms with E-state index in [1.165, 1.54) is 0 Å². The number of unbranched alkanes of at least 4 members (excludes halogenated alkanes) is 1. The highest BCUT2D eigenvalue weighted by atomic mass is 35.5. The third-order valence-corrected chi connectivity index (χ3v) is 1.71. The van der Waals surface area contributed by atoms with E-state index in [4.69, 9.17) is 22.1 Å². The number of carbonyl (C=O) groups is 1. The van der Waals surface area contributed by atoms with Crippen LogP contribution in [-0.2, 0) is 4.79 Å². The van der Waals surface area contributed by atoms with Crippen molar-refractivity contribution in [3.63, 3.8) is 0 Å². The summed E-state index contributed by atoms with van der Waals surface area (Å²) in [5.41, 5.74) is 7.30. The Labute approximate surface area is 94.5 Å². The van der Waals surface area contributed by atoms with Crippen molar-refractivity contribution in [2.45, 2.75) is 25.3 Å². The van der Waals surface area contributed by atoms with Gasteiger partial charge in [-0.05, 0) is 25.8 Å². The summed E-state index contributed by atoms with van der Waals surface area (Å²) < 4.78 is 0. The highest BCUT2D eigenvalue weighted by Gasteiger charge is 2.16. The smallest absolute Gasteiger partial charge is 0.326 e. The maximum absolute atomic E-state index is 10.7. The molecule has 0 aliphatic carbocycles. The van der Waals surface area contributed by atoms with Crippen molar-refractivity contribution >= 4 is 24.3 Å². The van der Waals surface area contributed by atoms with Gasteiger partial charge in [-0.25, -0.2) is 10.6 Å². The van der Waals surface area contributed by atoms with Crippen molar-refractivity contribution in [2.24, 2.45) is 11.6 Å². The summed E-state index contributed by atoms with van der Waals surface area (Å²) in [6, 6.07) is -0.787. The molecule has 15 heavy (non-hydrogen) atoms. The molecular formula is C7H18ClN5O2. The fourth-order valence-corrected chi connectivity index (χ4v) is 0.966. The SMILES string of the molecule is Cl.N=C(NN)N[C@@H](CCCCN)C(=O)O. The number of nitrogens with two attached hydrogens (primary N) is 2. The van der Waals surface area contributed by atoms with Gasteiger partial charge in [-0.1, -0.05) is 0 Å². The van der Waals surface area contributed by atoms with Crippen molar-refractivity contribution in [1.82, 2.24) is 10.7 Å². The maximum Gasteiger partial charge on any atom is 0.326 e. The maximum atomic E-state index is 10.7. The summed E-state index contributed by atoms with van der Waals surface area (Å²) in [4.78, 5) is 10.7. The Hall–Kier alpha value is -1.05. The number of hydrogen-bond acceptors (Lipinski definition) is 4. The van der Waals surface area contributed by atoms with Crippen molar-refractivity contribution in [3.05, 3.63) is 0 Å². The lowest BCUT2D eigenvalue weighted by atomic mass is 10.1. The van der Waals surface area contributed by atoms with Crippen LogP contribution in [-0.4, -0.2) is 29.6 Å². The molecule has 0 fully saturated rings. The Morgan fingerprint density at radius 1 is 1.47 bits per heavy atom. The van der Waals surface area contributed by atoms with Crippen LogP contribution < -0.4 is 22.3 Å². The number of hydrogen-bond donors (Lipinski definition) is 6. The van der Waals surface area contributed by atoms with Crippen molar-refractivity contribution in [1.29, 1.82) is 5.41 Å². The number of guanidine groups is 1. The Bertz CT molecular complexity index is 202. The Morgan fingerprint density at radius 3 is 2.47 bits per heavy atom. The second-order valence-electron chi connectivity index (χ2n) is 2.84. The van der Waals surface area contributed by atoms with E-state index < -0.39 is 12.0 Å². The minimum Gasteiger partial charge on any atom is -0.480 e. The minimum absolute atomic E-state index is 0. The third-order valence-electron chi connectivity index (χ3n) is 1.71. The van der Waals surface area contributed by atoms with Crippen LogP contribution in [0.3, 0.4) is 0 Å². The lowest BCUT2D eigenvalue weighted by Gasteiger charge is -2.15. The molecule has 0 aliphatic rings. The summed E-state index contributed by atoms with van der Waals surface area (Å²) >= 11 is 0. The zero-order chi connectivity index (χ0) is 11.0. The van der Waals surface area contributed by atoms with Crippen LogP contribution in [0.5, 0.6) is 0 Å². The molecule has 8 N–H and O–H groups in total. The molecule has 0 amide bonds. The standard InChI is InChI=1S/C7H17N5O2.ClH/c8-4-2-1-3-5(6(13)14)11-7(9)12-10;/h5H,1-4,8,10H2,(H,13,14)(H3,9,11,12);1H/t5-;/m0./s1. The predicted octanol–water partition coefficient (Wildman–Crippen LogP) is -1.02. The van der Waals surface area contributed by atoms with Crippen molar-refractivity contribution in [3.8, 4) is 0 Å². The molecule has 7 nitrogen and oxygen atoms in total. The van der Waals surface area contributed by atoms with Gasteiger partial charge in [-0.2, -0.15) is 0 Å². The number of hydrazine groups is 1. The second-order valence-corrected chi connectivity index (χ2v) is 2.84. The molecular weight excluding hydrogens is 222 g/mol. The van der Waals surface area contributed by atoms with Crippen LogP contribution >= 0.6 is 12.4 Å². The molecule has 0 saturated heterocycles. The van der Waals surface area contributed by atoms with E-state index in [1.807, 2.05) is 5.43 Å². The molecule has 0 heterocycles. The molecule has 0 rings (SSSR count). The number of carboxylic acid groups (broad SMARTS) is 1. The van der Waals surface area contributed by atoms with Crippen LogP contribution in [0.4, 0.5) is 0 Å². The second kappa shape index (κ2) is 9.50. The molecule has 0 saturated carbocycles. The van der Waals surface area contributed by atoms with E-state index >= 15 is 0 Å². The lowest BCUT2D eigenvalue weighted by molar-refractivity contribution is -0.139. The highest BCUT2D eigenvalue weighted by Crippen LogP contribution is 2.00. The zero-order valence-electron chi connectivity index (χ0n) is 8.32. The van der Waals surface area contributed by atoms with E-state index in [1.54, 1.807) is 0 Å². The Balaban J connectivity index is 0. The summed E-state index contributed by atoms with van der Waals surface area (Å²) in [5.74, 6) is 3.72. The molecule has 90 valence electrons. The molecule has 1 atom stereocenters. The van der Waals surface area contributed by atoms with Crippen LogP contribution in [0.15, 0.2) is 0 Å². The first-order valence-electron chi connectivity index (χ1n) is 4.36. The molecule has 0 bridgehead atoms. The first kappa shape index (κ1) is 16.4. The minimum atomic E-state index is -0.998. The topological polar surface area (TPSA) is 137 Å². The summed E-state index contributed by atoms with van der Waals surface area (Å²) in [6.07, 6.45) is 1.91. The van der Waals surface area contributed by atoms with Gasteiger partial charge in [0.05, 0.1) is 0 Å². The average Bonchev–Trinajstić information content (AvgIpc) is 2.16. The van der Waals surface area contributed by atoms with Gasteiger partial charge in [0.1, 0.15) is 6.04 Å². The number of nitrogens with one attached hydrogen (secondary N) is 3. The van der Waals surface area contributed by atoms with Crippen LogP contribution in [0.2, 0.25) is 0 Å². The molecule has 0 aromatic heterocycles. The van der Waals surface area contributed by atoms with Crippen molar-refractivity contribution < 1.29 is 9.90 Å². The highest BCUT2D eigenvalue weighted by molar-refractivity contribution is 5.85. The molecule has 0 spiro atoms. The fourth-order valence-electron chi connectivity index (χ4n) is 0.966. The van der Waals surface area contributed by atoms with Gasteiger partial charge in [0.25, 0.3) is 0 Å². The Morgan fingerprint density at radius 2 is 2.07 bits per heavy atom. The van der Waals surface area contributed by atoms with Gasteiger partial charge in [0.2, 0.25) is 5.96 Å². The van der Waals surface area contributed by atoms with Crippen LogP contribution in [0.25, 0.3) is 0 Å². The molecule has 0 aliphatic heterocycles. The van der Waals surface area contributed by atoms with Gasteiger partial charge < -0.3 is 16.2 Å². The number of carboxylic acids is 1. The van der Waals surface area contributed by atoms with Gasteiger partial charge in [0, 0.05) is 0 Å². The third kappa shape index (κ3) is 7.98. The molecule has 0 unspecified atom stereocenters. The zero-order valence-corrected chi connectivity index (χ0v) is 9.14. The first-order chi connectivity index (χ1) is 6.61. The van der Waals surface area contributed by atoms with E-state index in [0.29, 0.717) is 19.4 Å². The normalized spacial score (nSPS) is 11.1. The van der Waals surface area contributed by atoms with Crippen LogP contribution in [0, 0.1) is 5.41 Å². The van der Waals surface area contributed by atoms with Gasteiger partial charge >= 0.3 is 5.97 Å². The van der Waals surface area contributed by atoms with E-state index in [9.17, 15) is 4.79 Å². The van der Waals surface area contributed by atoms with Gasteiger partial charge in [0.15, 0.2) is 0 Å². The lowest BCUT2D eigenvalue weighted by Crippen LogP contribution is -2.48. The molecule has 8 heteroatoms. The predicted molar refractivity (Wildman–Crippen MR) is 59.8 cm³/mol. The largest absolute Gasteiger partial charge is 0.480 e. The number of halogens is 1. The number of rotatable bonds is 6. The first-order valence-corrected chi connectivity index (χ1v) is 4.36. The van der Waals surface area contributed by atoms with Crippen molar-refractivity contribution in [2.75, 3.05) is 6.54 Å². The quantitative estimate of drug-likeness (QED) is 0.115. The summed E-state index contributed by atoms with van der Waals surface area (Å²) in [7, 11) is 0. The number of aliphatic carboxylic acids is 1. The Kier molecular flexibility index (Phi) is 10.4. The fraction of sp³-hybridized carbons (Fsp3) is 0.714. The molecule has 0 radical (unpaired) electrons. The van der Waals surface area contributed by atoms with E-state index in [-0.39, 0.29) is 18.4 Å². The summed E-state index contributed by atoms with van der Waals surface area (Å²) in [5, 5.41) is 18.3. The van der Waals surface area contributed by atoms with E-state index in [0.717, 1.165) is 6.42 Å². The van der Waals surface area contributed by atoms with E-state index in [2.05, 4.69) is 5.32 Å². The molecule has 0 aromatic carbocycles. The summed E-state index contributed by atoms with van der Waals surface area (Å²) in [6.45, 7) is 0.541. The molecule has 0 aromatic rings.